The molecule has 2 nitrogen and oxygen atoms in total. The van der Waals surface area contributed by atoms with Crippen molar-refractivity contribution >= 4 is 21.6 Å². The largest absolute Gasteiger partial charge is 0.497 e. The number of ether oxygens (including phenoxy) is 1. The van der Waals surface area contributed by atoms with Gasteiger partial charge in [-0.3, -0.25) is 0 Å². The van der Waals surface area contributed by atoms with E-state index in [2.05, 4.69) is 26.9 Å². The van der Waals surface area contributed by atoms with Crippen LogP contribution in [0.3, 0.4) is 0 Å². The van der Waals surface area contributed by atoms with Crippen LogP contribution in [-0.4, -0.2) is 14.2 Å². The summed E-state index contributed by atoms with van der Waals surface area (Å²) in [4.78, 5) is 2.10. The van der Waals surface area contributed by atoms with Crippen molar-refractivity contribution in [3.63, 3.8) is 0 Å². The molecular formula is C16H17BrFNO. The average Bonchev–Trinajstić information content (AvgIpc) is 2.47. The maximum absolute atomic E-state index is 13.3. The van der Waals surface area contributed by atoms with Gasteiger partial charge in [0.05, 0.1) is 7.11 Å². The quantitative estimate of drug-likeness (QED) is 0.751. The molecule has 0 heterocycles. The Balaban J connectivity index is 2.21. The molecule has 0 atom stereocenters. The summed E-state index contributed by atoms with van der Waals surface area (Å²) in [6, 6.07) is 12.8. The zero-order valence-electron chi connectivity index (χ0n) is 11.6. The van der Waals surface area contributed by atoms with Gasteiger partial charge in [0.15, 0.2) is 0 Å². The van der Waals surface area contributed by atoms with Crippen molar-refractivity contribution in [1.29, 1.82) is 0 Å². The first-order valence-corrected chi connectivity index (χ1v) is 7.44. The number of methoxy groups -OCH3 is 1. The summed E-state index contributed by atoms with van der Waals surface area (Å²) in [6.07, 6.45) is 0. The zero-order valence-corrected chi connectivity index (χ0v) is 13.2. The van der Waals surface area contributed by atoms with E-state index in [0.717, 1.165) is 29.1 Å². The molecule has 0 N–H and O–H groups in total. The molecule has 2 aromatic rings. The molecule has 106 valence electrons. The third kappa shape index (κ3) is 3.51. The van der Waals surface area contributed by atoms with Gasteiger partial charge < -0.3 is 9.64 Å². The minimum absolute atomic E-state index is 0.210. The number of halogens is 2. The Morgan fingerprint density at radius 2 is 2.00 bits per heavy atom. The predicted molar refractivity (Wildman–Crippen MR) is 84.1 cm³/mol. The highest BCUT2D eigenvalue weighted by Gasteiger charge is 2.09. The summed E-state index contributed by atoms with van der Waals surface area (Å²) in [5.41, 5.74) is 3.11. The predicted octanol–water partition coefficient (Wildman–Crippen LogP) is 4.37. The Kier molecular flexibility index (Phi) is 5.01. The maximum atomic E-state index is 13.3. The van der Waals surface area contributed by atoms with E-state index in [-0.39, 0.29) is 5.82 Å². The van der Waals surface area contributed by atoms with Crippen molar-refractivity contribution in [2.45, 2.75) is 11.9 Å². The first-order chi connectivity index (χ1) is 9.63. The van der Waals surface area contributed by atoms with Crippen LogP contribution < -0.4 is 9.64 Å². The van der Waals surface area contributed by atoms with Crippen LogP contribution >= 0.6 is 15.9 Å². The third-order valence-electron chi connectivity index (χ3n) is 3.15. The lowest BCUT2D eigenvalue weighted by Crippen LogP contribution is -2.17. The van der Waals surface area contributed by atoms with Gasteiger partial charge >= 0.3 is 0 Å². The summed E-state index contributed by atoms with van der Waals surface area (Å²) in [6.45, 7) is 0.739. The Morgan fingerprint density at radius 1 is 1.20 bits per heavy atom. The number of anilines is 1. The van der Waals surface area contributed by atoms with Crippen LogP contribution in [0, 0.1) is 5.82 Å². The van der Waals surface area contributed by atoms with Gasteiger partial charge in [0.1, 0.15) is 11.6 Å². The molecule has 0 aliphatic carbocycles. The molecule has 0 saturated heterocycles. The second kappa shape index (κ2) is 6.75. The number of rotatable bonds is 5. The van der Waals surface area contributed by atoms with Gasteiger partial charge in [0.2, 0.25) is 0 Å². The van der Waals surface area contributed by atoms with Gasteiger partial charge in [-0.2, -0.15) is 0 Å². The van der Waals surface area contributed by atoms with Crippen LogP contribution in [0.25, 0.3) is 0 Å². The lowest BCUT2D eigenvalue weighted by Gasteiger charge is -2.22. The fourth-order valence-electron chi connectivity index (χ4n) is 2.16. The van der Waals surface area contributed by atoms with Crippen LogP contribution in [0.4, 0.5) is 10.1 Å². The molecule has 4 heteroatoms. The van der Waals surface area contributed by atoms with Crippen molar-refractivity contribution in [2.75, 3.05) is 19.1 Å². The average molecular weight is 338 g/mol. The first-order valence-electron chi connectivity index (χ1n) is 6.32. The molecule has 2 aromatic carbocycles. The Hall–Kier alpha value is -1.55. The van der Waals surface area contributed by atoms with Crippen LogP contribution in [0.2, 0.25) is 0 Å². The SMILES string of the molecule is COc1cccc(CN(C)c2ccc(F)cc2CBr)c1. The normalized spacial score (nSPS) is 10.4. The molecule has 0 unspecified atom stereocenters. The fraction of sp³-hybridized carbons (Fsp3) is 0.250. The Bertz CT molecular complexity index is 588. The van der Waals surface area contributed by atoms with Crippen molar-refractivity contribution in [2.24, 2.45) is 0 Å². The van der Waals surface area contributed by atoms with Crippen molar-refractivity contribution in [3.05, 3.63) is 59.4 Å². The first kappa shape index (κ1) is 14.9. The lowest BCUT2D eigenvalue weighted by atomic mass is 10.1. The molecule has 0 amide bonds. The molecule has 2 rings (SSSR count). The molecule has 0 bridgehead atoms. The van der Waals surface area contributed by atoms with E-state index in [4.69, 9.17) is 4.74 Å². The molecule has 0 spiro atoms. The summed E-state index contributed by atoms with van der Waals surface area (Å²) in [5, 5.41) is 0.628. The standard InChI is InChI=1S/C16H17BrFNO/c1-19(11-12-4-3-5-15(8-12)20-2)16-7-6-14(18)9-13(16)10-17/h3-9H,10-11H2,1-2H3. The molecule has 0 fully saturated rings. The molecule has 0 saturated carbocycles. The monoisotopic (exact) mass is 337 g/mol. The Morgan fingerprint density at radius 3 is 2.70 bits per heavy atom. The van der Waals surface area contributed by atoms with Gasteiger partial charge in [0.25, 0.3) is 0 Å². The van der Waals surface area contributed by atoms with Gasteiger partial charge in [0, 0.05) is 24.6 Å². The van der Waals surface area contributed by atoms with Crippen LogP contribution in [-0.2, 0) is 11.9 Å². The van der Waals surface area contributed by atoms with Crippen LogP contribution in [0.15, 0.2) is 42.5 Å². The van der Waals surface area contributed by atoms with E-state index in [1.807, 2.05) is 31.3 Å². The van der Waals surface area contributed by atoms with E-state index in [9.17, 15) is 4.39 Å². The van der Waals surface area contributed by atoms with Crippen molar-refractivity contribution in [1.82, 2.24) is 0 Å². The maximum Gasteiger partial charge on any atom is 0.123 e. The van der Waals surface area contributed by atoms with Crippen molar-refractivity contribution in [3.8, 4) is 5.75 Å². The number of benzene rings is 2. The molecule has 0 aliphatic heterocycles. The topological polar surface area (TPSA) is 12.5 Å². The van der Waals surface area contributed by atoms with E-state index >= 15 is 0 Å². The summed E-state index contributed by atoms with van der Waals surface area (Å²) < 4.78 is 18.5. The number of alkyl halides is 1. The van der Waals surface area contributed by atoms with Gasteiger partial charge in [-0.1, -0.05) is 28.1 Å². The minimum atomic E-state index is -0.210. The summed E-state index contributed by atoms with van der Waals surface area (Å²) in [5.74, 6) is 0.633. The molecule has 0 aliphatic rings. The number of hydrogen-bond donors (Lipinski definition) is 0. The third-order valence-corrected chi connectivity index (χ3v) is 3.75. The Labute approximate surface area is 127 Å². The fourth-order valence-corrected chi connectivity index (χ4v) is 2.61. The van der Waals surface area contributed by atoms with Gasteiger partial charge in [-0.15, -0.1) is 0 Å². The number of hydrogen-bond acceptors (Lipinski definition) is 2. The highest BCUT2D eigenvalue weighted by atomic mass is 79.9. The van der Waals surface area contributed by atoms with Gasteiger partial charge in [-0.25, -0.2) is 4.39 Å². The van der Waals surface area contributed by atoms with E-state index in [1.54, 1.807) is 13.2 Å². The minimum Gasteiger partial charge on any atom is -0.497 e. The van der Waals surface area contributed by atoms with E-state index in [0.29, 0.717) is 5.33 Å². The zero-order chi connectivity index (χ0) is 14.5. The van der Waals surface area contributed by atoms with E-state index < -0.39 is 0 Å². The second-order valence-corrected chi connectivity index (χ2v) is 5.17. The molecular weight excluding hydrogens is 321 g/mol. The second-order valence-electron chi connectivity index (χ2n) is 4.61. The highest BCUT2D eigenvalue weighted by Crippen LogP contribution is 2.25. The summed E-state index contributed by atoms with van der Waals surface area (Å²) in [7, 11) is 3.66. The van der Waals surface area contributed by atoms with Gasteiger partial charge in [-0.05, 0) is 41.5 Å². The van der Waals surface area contributed by atoms with Crippen molar-refractivity contribution < 1.29 is 9.13 Å². The summed E-state index contributed by atoms with van der Waals surface area (Å²) >= 11 is 3.41. The highest BCUT2D eigenvalue weighted by molar-refractivity contribution is 9.08. The molecule has 0 aromatic heterocycles. The molecule has 20 heavy (non-hydrogen) atoms. The van der Waals surface area contributed by atoms with E-state index in [1.165, 1.54) is 6.07 Å². The smallest absolute Gasteiger partial charge is 0.123 e. The number of nitrogens with zero attached hydrogens (tertiary/aromatic N) is 1. The van der Waals surface area contributed by atoms with Crippen LogP contribution in [0.1, 0.15) is 11.1 Å². The van der Waals surface area contributed by atoms with Crippen LogP contribution in [0.5, 0.6) is 5.75 Å². The molecule has 0 radical (unpaired) electrons. The lowest BCUT2D eigenvalue weighted by molar-refractivity contribution is 0.414.